The molecule has 0 unspecified atom stereocenters. The molecule has 0 spiro atoms. The van der Waals surface area contributed by atoms with Crippen LogP contribution in [0.5, 0.6) is 0 Å². The molecule has 6 heteroatoms. The van der Waals surface area contributed by atoms with E-state index in [0.29, 0.717) is 13.0 Å². The minimum atomic E-state index is -0.773. The van der Waals surface area contributed by atoms with Crippen LogP contribution in [0.1, 0.15) is 18.5 Å². The molecule has 1 atom stereocenters. The van der Waals surface area contributed by atoms with Gasteiger partial charge in [-0.3, -0.25) is 9.69 Å². The third-order valence-electron chi connectivity index (χ3n) is 3.75. The van der Waals surface area contributed by atoms with Crippen LogP contribution < -0.4 is 0 Å². The standard InChI is InChI=1S/C15H16FN3O2/c16-11-3-5-13(6-4-11)19-9-7-12(17-19)10-18-8-1-2-14(18)15(20)21/h3-7,9,14H,1-2,8,10H2,(H,20,21)/t14-/m0/s1. The van der Waals surface area contributed by atoms with Gasteiger partial charge in [0.25, 0.3) is 0 Å². The fourth-order valence-electron chi connectivity index (χ4n) is 2.69. The highest BCUT2D eigenvalue weighted by atomic mass is 19.1. The Balaban J connectivity index is 1.73. The Morgan fingerprint density at radius 3 is 2.81 bits per heavy atom. The second-order valence-corrected chi connectivity index (χ2v) is 5.19. The van der Waals surface area contributed by atoms with E-state index in [2.05, 4.69) is 5.10 Å². The Kier molecular flexibility index (Phi) is 3.70. The fourth-order valence-corrected chi connectivity index (χ4v) is 2.69. The predicted molar refractivity (Wildman–Crippen MR) is 74.6 cm³/mol. The van der Waals surface area contributed by atoms with Gasteiger partial charge < -0.3 is 5.11 Å². The van der Waals surface area contributed by atoms with Crippen LogP contribution in [-0.4, -0.2) is 38.3 Å². The summed E-state index contributed by atoms with van der Waals surface area (Å²) >= 11 is 0. The second-order valence-electron chi connectivity index (χ2n) is 5.19. The van der Waals surface area contributed by atoms with Gasteiger partial charge in [-0.2, -0.15) is 5.10 Å². The van der Waals surface area contributed by atoms with Gasteiger partial charge in [-0.25, -0.2) is 9.07 Å². The Morgan fingerprint density at radius 2 is 2.10 bits per heavy atom. The number of carbonyl (C=O) groups is 1. The zero-order valence-electron chi connectivity index (χ0n) is 11.4. The third-order valence-corrected chi connectivity index (χ3v) is 3.75. The number of hydrogen-bond donors (Lipinski definition) is 1. The topological polar surface area (TPSA) is 58.4 Å². The summed E-state index contributed by atoms with van der Waals surface area (Å²) in [7, 11) is 0. The summed E-state index contributed by atoms with van der Waals surface area (Å²) in [5.41, 5.74) is 1.59. The zero-order valence-corrected chi connectivity index (χ0v) is 11.4. The molecule has 21 heavy (non-hydrogen) atoms. The molecule has 2 aromatic rings. The number of carboxylic acids is 1. The van der Waals surface area contributed by atoms with Crippen molar-refractivity contribution in [1.29, 1.82) is 0 Å². The Labute approximate surface area is 121 Å². The van der Waals surface area contributed by atoms with E-state index in [1.54, 1.807) is 23.0 Å². The number of aliphatic carboxylic acids is 1. The molecule has 1 N–H and O–H groups in total. The Bertz CT molecular complexity index is 639. The summed E-state index contributed by atoms with van der Waals surface area (Å²) < 4.78 is 14.6. The minimum absolute atomic E-state index is 0.285. The molecule has 1 aliphatic rings. The molecule has 2 heterocycles. The SMILES string of the molecule is O=C(O)[C@@H]1CCCN1Cc1ccn(-c2ccc(F)cc2)n1. The van der Waals surface area contributed by atoms with Gasteiger partial charge in [0.1, 0.15) is 11.9 Å². The van der Waals surface area contributed by atoms with Crippen LogP contribution in [0.15, 0.2) is 36.5 Å². The lowest BCUT2D eigenvalue weighted by Gasteiger charge is -2.19. The fraction of sp³-hybridized carbons (Fsp3) is 0.333. The highest BCUT2D eigenvalue weighted by Crippen LogP contribution is 2.20. The maximum Gasteiger partial charge on any atom is 0.320 e. The normalized spacial score (nSPS) is 19.0. The molecule has 5 nitrogen and oxygen atoms in total. The number of benzene rings is 1. The van der Waals surface area contributed by atoms with Gasteiger partial charge in [0.15, 0.2) is 0 Å². The molecular formula is C15H16FN3O2. The number of halogens is 1. The molecule has 0 radical (unpaired) electrons. The van der Waals surface area contributed by atoms with Crippen LogP contribution in [0.25, 0.3) is 5.69 Å². The average Bonchev–Trinajstić information content (AvgIpc) is 3.09. The molecule has 3 rings (SSSR count). The molecule has 0 saturated carbocycles. The van der Waals surface area contributed by atoms with Crippen molar-refractivity contribution >= 4 is 5.97 Å². The van der Waals surface area contributed by atoms with Crippen molar-refractivity contribution in [2.24, 2.45) is 0 Å². The first-order valence-corrected chi connectivity index (χ1v) is 6.91. The summed E-state index contributed by atoms with van der Waals surface area (Å²) in [4.78, 5) is 13.1. The summed E-state index contributed by atoms with van der Waals surface area (Å²) in [5, 5.41) is 13.6. The van der Waals surface area contributed by atoms with E-state index in [9.17, 15) is 9.18 Å². The van der Waals surface area contributed by atoms with Gasteiger partial charge >= 0.3 is 5.97 Å². The van der Waals surface area contributed by atoms with Crippen molar-refractivity contribution in [3.63, 3.8) is 0 Å². The lowest BCUT2D eigenvalue weighted by molar-refractivity contribution is -0.142. The van der Waals surface area contributed by atoms with E-state index >= 15 is 0 Å². The molecule has 1 aliphatic heterocycles. The summed E-state index contributed by atoms with van der Waals surface area (Å²) in [6, 6.07) is 7.53. The van der Waals surface area contributed by atoms with E-state index in [1.165, 1.54) is 12.1 Å². The highest BCUT2D eigenvalue weighted by Gasteiger charge is 2.30. The van der Waals surface area contributed by atoms with E-state index < -0.39 is 12.0 Å². The summed E-state index contributed by atoms with van der Waals surface area (Å²) in [6.45, 7) is 1.30. The average molecular weight is 289 g/mol. The van der Waals surface area contributed by atoms with Gasteiger partial charge in [-0.1, -0.05) is 0 Å². The highest BCUT2D eigenvalue weighted by molar-refractivity contribution is 5.73. The van der Waals surface area contributed by atoms with Crippen LogP contribution in [0, 0.1) is 5.82 Å². The lowest BCUT2D eigenvalue weighted by atomic mass is 10.2. The van der Waals surface area contributed by atoms with E-state index in [4.69, 9.17) is 5.11 Å². The maximum atomic E-state index is 12.9. The molecule has 1 fully saturated rings. The molecule has 0 aliphatic carbocycles. The first-order valence-electron chi connectivity index (χ1n) is 6.91. The molecular weight excluding hydrogens is 273 g/mol. The summed E-state index contributed by atoms with van der Waals surface area (Å²) in [6.07, 6.45) is 3.39. The van der Waals surface area contributed by atoms with Crippen LogP contribution in [0.4, 0.5) is 4.39 Å². The zero-order chi connectivity index (χ0) is 14.8. The smallest absolute Gasteiger partial charge is 0.320 e. The first-order chi connectivity index (χ1) is 10.1. The van der Waals surface area contributed by atoms with Crippen molar-refractivity contribution in [3.8, 4) is 5.69 Å². The number of carboxylic acid groups (broad SMARTS) is 1. The molecule has 0 bridgehead atoms. The minimum Gasteiger partial charge on any atom is -0.480 e. The van der Waals surface area contributed by atoms with Crippen LogP contribution in [0.2, 0.25) is 0 Å². The quantitative estimate of drug-likeness (QED) is 0.936. The number of likely N-dealkylation sites (tertiary alicyclic amines) is 1. The van der Waals surface area contributed by atoms with Crippen molar-refractivity contribution in [3.05, 3.63) is 48.0 Å². The van der Waals surface area contributed by atoms with Crippen molar-refractivity contribution in [2.75, 3.05) is 6.54 Å². The monoisotopic (exact) mass is 289 g/mol. The molecule has 1 aromatic carbocycles. The Hall–Kier alpha value is -2.21. The number of rotatable bonds is 4. The molecule has 110 valence electrons. The van der Waals surface area contributed by atoms with E-state index in [-0.39, 0.29) is 5.82 Å². The van der Waals surface area contributed by atoms with Gasteiger partial charge in [0, 0.05) is 12.7 Å². The van der Waals surface area contributed by atoms with Gasteiger partial charge in [-0.15, -0.1) is 0 Å². The van der Waals surface area contributed by atoms with Crippen molar-refractivity contribution in [1.82, 2.24) is 14.7 Å². The van der Waals surface area contributed by atoms with Gasteiger partial charge in [-0.05, 0) is 49.7 Å². The molecule has 0 amide bonds. The van der Waals surface area contributed by atoms with Crippen molar-refractivity contribution < 1.29 is 14.3 Å². The number of nitrogens with zero attached hydrogens (tertiary/aromatic N) is 3. The number of hydrogen-bond acceptors (Lipinski definition) is 3. The largest absolute Gasteiger partial charge is 0.480 e. The Morgan fingerprint density at radius 1 is 1.33 bits per heavy atom. The van der Waals surface area contributed by atoms with Crippen molar-refractivity contribution in [2.45, 2.75) is 25.4 Å². The van der Waals surface area contributed by atoms with Gasteiger partial charge in [0.05, 0.1) is 11.4 Å². The molecule has 1 saturated heterocycles. The van der Waals surface area contributed by atoms with E-state index in [1.807, 2.05) is 11.0 Å². The maximum absolute atomic E-state index is 12.9. The number of aromatic nitrogens is 2. The van der Waals surface area contributed by atoms with Gasteiger partial charge in [0.2, 0.25) is 0 Å². The summed E-state index contributed by atoms with van der Waals surface area (Å²) in [5.74, 6) is -1.06. The molecule has 1 aromatic heterocycles. The van der Waals surface area contributed by atoms with E-state index in [0.717, 1.165) is 24.3 Å². The predicted octanol–water partition coefficient (Wildman–Crippen LogP) is 2.06. The van der Waals surface area contributed by atoms with Crippen LogP contribution in [0.3, 0.4) is 0 Å². The third kappa shape index (κ3) is 2.95. The lowest BCUT2D eigenvalue weighted by Crippen LogP contribution is -2.35. The van der Waals surface area contributed by atoms with Crippen LogP contribution in [-0.2, 0) is 11.3 Å². The first kappa shape index (κ1) is 13.8. The van der Waals surface area contributed by atoms with Crippen LogP contribution >= 0.6 is 0 Å². The second kappa shape index (κ2) is 5.65.